The van der Waals surface area contributed by atoms with Crippen molar-refractivity contribution in [3.8, 4) is 0 Å². The van der Waals surface area contributed by atoms with Crippen LogP contribution in [0.3, 0.4) is 0 Å². The van der Waals surface area contributed by atoms with E-state index in [1.165, 1.54) is 44.1 Å². The van der Waals surface area contributed by atoms with E-state index in [1.807, 2.05) is 12.4 Å². The van der Waals surface area contributed by atoms with Crippen LogP contribution in [0.25, 0.3) is 0 Å². The lowest BCUT2D eigenvalue weighted by molar-refractivity contribution is 0.660. The predicted octanol–water partition coefficient (Wildman–Crippen LogP) is 2.06. The van der Waals surface area contributed by atoms with Gasteiger partial charge in [0.05, 0.1) is 0 Å². The molecule has 3 rings (SSSR count). The van der Waals surface area contributed by atoms with Crippen LogP contribution in [0.5, 0.6) is 0 Å². The smallest absolute Gasteiger partial charge is 0.225 e. The number of nitrogens with two attached hydrogens (primary N) is 1. The number of anilines is 1. The van der Waals surface area contributed by atoms with Gasteiger partial charge < -0.3 is 10.6 Å². The zero-order chi connectivity index (χ0) is 12.4. The van der Waals surface area contributed by atoms with Crippen LogP contribution in [0.1, 0.15) is 50.0 Å². The second-order valence-corrected chi connectivity index (χ2v) is 5.52. The van der Waals surface area contributed by atoms with Crippen molar-refractivity contribution in [2.24, 2.45) is 5.73 Å². The van der Waals surface area contributed by atoms with E-state index in [2.05, 4.69) is 14.9 Å². The van der Waals surface area contributed by atoms with Gasteiger partial charge in [-0.05, 0) is 37.2 Å². The Bertz CT molecular complexity index is 383. The van der Waals surface area contributed by atoms with E-state index in [1.54, 1.807) is 0 Å². The highest BCUT2D eigenvalue weighted by atomic mass is 15.3. The van der Waals surface area contributed by atoms with Crippen LogP contribution in [0.15, 0.2) is 12.4 Å². The second kappa shape index (κ2) is 5.22. The molecule has 1 aliphatic heterocycles. The third kappa shape index (κ3) is 2.21. The third-order valence-electron chi connectivity index (χ3n) is 4.39. The van der Waals surface area contributed by atoms with Crippen LogP contribution in [0.2, 0.25) is 0 Å². The predicted molar refractivity (Wildman–Crippen MR) is 72.7 cm³/mol. The molecule has 2 N–H and O–H groups in total. The molecule has 1 aromatic rings. The average Bonchev–Trinajstić information content (AvgIpc) is 3.10. The first-order chi connectivity index (χ1) is 8.88. The first-order valence-corrected chi connectivity index (χ1v) is 7.17. The molecular formula is C14H22N4. The van der Waals surface area contributed by atoms with Gasteiger partial charge in [-0.2, -0.15) is 0 Å². The van der Waals surface area contributed by atoms with Crippen molar-refractivity contribution in [3.05, 3.63) is 18.0 Å². The van der Waals surface area contributed by atoms with E-state index < -0.39 is 0 Å². The molecule has 4 heteroatoms. The van der Waals surface area contributed by atoms with Gasteiger partial charge in [-0.3, -0.25) is 0 Å². The Kier molecular flexibility index (Phi) is 3.46. The summed E-state index contributed by atoms with van der Waals surface area (Å²) in [5, 5.41) is 0. The highest BCUT2D eigenvalue weighted by Crippen LogP contribution is 2.33. The quantitative estimate of drug-likeness (QED) is 0.887. The maximum Gasteiger partial charge on any atom is 0.225 e. The average molecular weight is 246 g/mol. The summed E-state index contributed by atoms with van der Waals surface area (Å²) in [5.74, 6) is 1.56. The van der Waals surface area contributed by atoms with Crippen molar-refractivity contribution in [1.82, 2.24) is 9.97 Å². The zero-order valence-corrected chi connectivity index (χ0v) is 10.9. The molecule has 98 valence electrons. The van der Waals surface area contributed by atoms with Crippen molar-refractivity contribution in [2.75, 3.05) is 18.0 Å². The Morgan fingerprint density at radius 2 is 1.83 bits per heavy atom. The largest absolute Gasteiger partial charge is 0.337 e. The molecular weight excluding hydrogens is 224 g/mol. The fraction of sp³-hybridized carbons (Fsp3) is 0.714. The Balaban J connectivity index is 1.74. The monoisotopic (exact) mass is 246 g/mol. The minimum atomic E-state index is 0.433. The number of nitrogens with zero attached hydrogens (tertiary/aromatic N) is 3. The molecule has 1 saturated carbocycles. The summed E-state index contributed by atoms with van der Waals surface area (Å²) in [4.78, 5) is 11.4. The summed E-state index contributed by atoms with van der Waals surface area (Å²) in [7, 11) is 0. The maximum absolute atomic E-state index is 5.79. The van der Waals surface area contributed by atoms with E-state index in [0.717, 1.165) is 12.5 Å². The molecule has 2 fully saturated rings. The molecule has 2 heterocycles. The lowest BCUT2D eigenvalue weighted by Crippen LogP contribution is -2.36. The van der Waals surface area contributed by atoms with Gasteiger partial charge in [0.15, 0.2) is 0 Å². The van der Waals surface area contributed by atoms with Crippen LogP contribution in [0.4, 0.5) is 5.95 Å². The highest BCUT2D eigenvalue weighted by molar-refractivity contribution is 5.34. The normalized spacial score (nSPS) is 24.9. The van der Waals surface area contributed by atoms with Gasteiger partial charge in [0.25, 0.3) is 0 Å². The number of rotatable bonds is 3. The van der Waals surface area contributed by atoms with E-state index in [4.69, 9.17) is 5.73 Å². The van der Waals surface area contributed by atoms with Crippen LogP contribution in [-0.2, 0) is 0 Å². The van der Waals surface area contributed by atoms with Gasteiger partial charge in [0.1, 0.15) is 0 Å². The number of hydrogen-bond donors (Lipinski definition) is 1. The zero-order valence-electron chi connectivity index (χ0n) is 10.9. The molecule has 1 aliphatic carbocycles. The minimum absolute atomic E-state index is 0.433. The summed E-state index contributed by atoms with van der Waals surface area (Å²) in [6.07, 6.45) is 11.8. The van der Waals surface area contributed by atoms with Crippen molar-refractivity contribution in [3.63, 3.8) is 0 Å². The molecule has 4 nitrogen and oxygen atoms in total. The Morgan fingerprint density at radius 3 is 2.50 bits per heavy atom. The molecule has 0 bridgehead atoms. The summed E-state index contributed by atoms with van der Waals surface area (Å²) >= 11 is 0. The van der Waals surface area contributed by atoms with Crippen molar-refractivity contribution in [2.45, 2.75) is 50.5 Å². The molecule has 1 atom stereocenters. The van der Waals surface area contributed by atoms with Gasteiger partial charge in [-0.25, -0.2) is 9.97 Å². The fourth-order valence-electron chi connectivity index (χ4n) is 3.29. The van der Waals surface area contributed by atoms with E-state index in [0.29, 0.717) is 18.5 Å². The molecule has 1 aromatic heterocycles. The Morgan fingerprint density at radius 1 is 1.11 bits per heavy atom. The van der Waals surface area contributed by atoms with Crippen molar-refractivity contribution < 1.29 is 0 Å². The van der Waals surface area contributed by atoms with Crippen molar-refractivity contribution in [1.29, 1.82) is 0 Å². The minimum Gasteiger partial charge on any atom is -0.337 e. The topological polar surface area (TPSA) is 55.0 Å². The van der Waals surface area contributed by atoms with E-state index in [-0.39, 0.29) is 0 Å². The van der Waals surface area contributed by atoms with Crippen LogP contribution >= 0.6 is 0 Å². The summed E-state index contributed by atoms with van der Waals surface area (Å²) < 4.78 is 0. The standard InChI is InChI=1S/C14H22N4/c15-8-13-6-3-7-18(13)14-16-9-12(10-17-14)11-4-1-2-5-11/h9-11,13H,1-8,15H2. The summed E-state index contributed by atoms with van der Waals surface area (Å²) in [5.41, 5.74) is 7.11. The van der Waals surface area contributed by atoms with Crippen molar-refractivity contribution >= 4 is 5.95 Å². The third-order valence-corrected chi connectivity index (χ3v) is 4.39. The lowest BCUT2D eigenvalue weighted by atomic mass is 10.0. The summed E-state index contributed by atoms with van der Waals surface area (Å²) in [6.45, 7) is 1.75. The van der Waals surface area contributed by atoms with Gasteiger partial charge >= 0.3 is 0 Å². The Hall–Kier alpha value is -1.16. The van der Waals surface area contributed by atoms with E-state index >= 15 is 0 Å². The first-order valence-electron chi connectivity index (χ1n) is 7.17. The Labute approximate surface area is 109 Å². The molecule has 2 aliphatic rings. The molecule has 1 unspecified atom stereocenters. The SMILES string of the molecule is NCC1CCCN1c1ncc(C2CCCC2)cn1. The van der Waals surface area contributed by atoms with Crippen LogP contribution < -0.4 is 10.6 Å². The van der Waals surface area contributed by atoms with Gasteiger partial charge in [-0.15, -0.1) is 0 Å². The molecule has 0 spiro atoms. The lowest BCUT2D eigenvalue weighted by Gasteiger charge is -2.23. The molecule has 0 aromatic carbocycles. The van der Waals surface area contributed by atoms with E-state index in [9.17, 15) is 0 Å². The molecule has 1 saturated heterocycles. The molecule has 0 amide bonds. The fourth-order valence-corrected chi connectivity index (χ4v) is 3.29. The van der Waals surface area contributed by atoms with Gasteiger partial charge in [-0.1, -0.05) is 12.8 Å². The van der Waals surface area contributed by atoms with Crippen LogP contribution in [0, 0.1) is 0 Å². The number of aromatic nitrogens is 2. The molecule has 18 heavy (non-hydrogen) atoms. The van der Waals surface area contributed by atoms with Gasteiger partial charge in [0, 0.05) is 31.5 Å². The van der Waals surface area contributed by atoms with Gasteiger partial charge in [0.2, 0.25) is 5.95 Å². The van der Waals surface area contributed by atoms with Crippen LogP contribution in [-0.4, -0.2) is 29.1 Å². The second-order valence-electron chi connectivity index (χ2n) is 5.52. The molecule has 0 radical (unpaired) electrons. The highest BCUT2D eigenvalue weighted by Gasteiger charge is 2.25. The first kappa shape index (κ1) is 11.9. The summed E-state index contributed by atoms with van der Waals surface area (Å²) in [6, 6.07) is 0.433. The number of hydrogen-bond acceptors (Lipinski definition) is 4. The maximum atomic E-state index is 5.79.